The molecule has 5 heteroatoms. The van der Waals surface area contributed by atoms with Crippen LogP contribution < -0.4 is 5.43 Å². The maximum Gasteiger partial charge on any atom is 0.272 e. The van der Waals surface area contributed by atoms with Gasteiger partial charge in [-0.15, -0.1) is 11.3 Å². The molecule has 0 saturated carbocycles. The van der Waals surface area contributed by atoms with Crippen LogP contribution in [0.3, 0.4) is 0 Å². The lowest BCUT2D eigenvalue weighted by Gasteiger charge is -2.01. The van der Waals surface area contributed by atoms with Crippen LogP contribution in [-0.2, 0) is 0 Å². The topological polar surface area (TPSA) is 41.5 Å². The van der Waals surface area contributed by atoms with E-state index in [9.17, 15) is 4.79 Å². The first kappa shape index (κ1) is 13.2. The lowest BCUT2D eigenvalue weighted by molar-refractivity contribution is 0.0954. The predicted octanol–water partition coefficient (Wildman–Crippen LogP) is 3.43. The highest BCUT2D eigenvalue weighted by Crippen LogP contribution is 2.13. The van der Waals surface area contributed by atoms with Gasteiger partial charge in [0.05, 0.1) is 11.8 Å². The Labute approximate surface area is 123 Å². The van der Waals surface area contributed by atoms with E-state index in [1.807, 2.05) is 36.6 Å². The predicted molar refractivity (Wildman–Crippen MR) is 83.3 cm³/mol. The summed E-state index contributed by atoms with van der Waals surface area (Å²) in [5, 5.41) is 5.97. The number of nitrogens with zero attached hydrogens (tertiary/aromatic N) is 1. The summed E-state index contributed by atoms with van der Waals surface area (Å²) in [6.45, 7) is 2.01. The number of rotatable bonds is 3. The molecule has 1 amide bonds. The maximum absolute atomic E-state index is 11.9. The van der Waals surface area contributed by atoms with E-state index in [4.69, 9.17) is 0 Å². The third kappa shape index (κ3) is 3.17. The van der Waals surface area contributed by atoms with Crippen molar-refractivity contribution in [3.05, 3.63) is 55.3 Å². The third-order valence-corrected chi connectivity index (χ3v) is 4.26. The lowest BCUT2D eigenvalue weighted by atomic mass is 10.2. The molecule has 0 atom stereocenters. The van der Waals surface area contributed by atoms with E-state index in [2.05, 4.69) is 33.1 Å². The summed E-state index contributed by atoms with van der Waals surface area (Å²) < 4.78 is 0.912. The van der Waals surface area contributed by atoms with Crippen LogP contribution in [0.15, 0.2) is 40.8 Å². The molecule has 1 aromatic carbocycles. The molecule has 92 valence electrons. The van der Waals surface area contributed by atoms with Crippen molar-refractivity contribution in [2.75, 3.05) is 0 Å². The molecule has 0 aliphatic carbocycles. The molecule has 18 heavy (non-hydrogen) atoms. The Morgan fingerprint density at radius 2 is 2.17 bits per heavy atom. The van der Waals surface area contributed by atoms with E-state index in [1.54, 1.807) is 23.6 Å². The third-order valence-electron chi connectivity index (χ3n) is 2.37. The normalized spacial score (nSPS) is 10.8. The fraction of sp³-hybridized carbons (Fsp3) is 0.0769. The number of amides is 1. The van der Waals surface area contributed by atoms with Crippen molar-refractivity contribution in [2.45, 2.75) is 6.92 Å². The molecule has 1 aromatic heterocycles. The Balaban J connectivity index is 2.03. The standard InChI is InChI=1S/C13H11IN2OS/c1-9-6-7-18-12(9)8-15-16-13(17)10-4-2-3-5-11(10)14/h2-8H,1H3,(H,16,17)/b15-8+. The van der Waals surface area contributed by atoms with Crippen LogP contribution in [0.4, 0.5) is 0 Å². The summed E-state index contributed by atoms with van der Waals surface area (Å²) in [6, 6.07) is 9.43. The van der Waals surface area contributed by atoms with Gasteiger partial charge >= 0.3 is 0 Å². The van der Waals surface area contributed by atoms with Crippen LogP contribution in [0.1, 0.15) is 20.8 Å². The molecule has 0 radical (unpaired) electrons. The minimum Gasteiger partial charge on any atom is -0.267 e. The Morgan fingerprint density at radius 1 is 1.39 bits per heavy atom. The van der Waals surface area contributed by atoms with Crippen molar-refractivity contribution in [1.82, 2.24) is 5.43 Å². The molecule has 1 heterocycles. The molecular formula is C13H11IN2OS. The molecule has 0 aliphatic rings. The van der Waals surface area contributed by atoms with E-state index in [0.29, 0.717) is 5.56 Å². The number of nitrogens with one attached hydrogen (secondary N) is 1. The van der Waals surface area contributed by atoms with Crippen molar-refractivity contribution in [3.8, 4) is 0 Å². The number of benzene rings is 1. The van der Waals surface area contributed by atoms with E-state index < -0.39 is 0 Å². The fourth-order valence-corrected chi connectivity index (χ4v) is 2.79. The maximum atomic E-state index is 11.9. The molecule has 0 spiro atoms. The second kappa shape index (κ2) is 6.10. The largest absolute Gasteiger partial charge is 0.272 e. The van der Waals surface area contributed by atoms with Crippen LogP contribution in [0.2, 0.25) is 0 Å². The molecule has 0 fully saturated rings. The molecule has 0 aliphatic heterocycles. The van der Waals surface area contributed by atoms with Gasteiger partial charge in [-0.2, -0.15) is 5.10 Å². The first-order chi connectivity index (χ1) is 8.68. The SMILES string of the molecule is Cc1ccsc1/C=N/NC(=O)c1ccccc1I. The quantitative estimate of drug-likeness (QED) is 0.502. The van der Waals surface area contributed by atoms with Gasteiger partial charge in [0.25, 0.3) is 5.91 Å². The molecule has 1 N–H and O–H groups in total. The van der Waals surface area contributed by atoms with Crippen molar-refractivity contribution in [2.24, 2.45) is 5.10 Å². The highest BCUT2D eigenvalue weighted by Gasteiger charge is 2.07. The molecule has 2 rings (SSSR count). The van der Waals surface area contributed by atoms with Crippen LogP contribution in [0.25, 0.3) is 0 Å². The molecule has 0 unspecified atom stereocenters. The van der Waals surface area contributed by atoms with E-state index in [1.165, 1.54) is 0 Å². The first-order valence-corrected chi connectivity index (χ1v) is 7.26. The summed E-state index contributed by atoms with van der Waals surface area (Å²) in [6.07, 6.45) is 1.67. The van der Waals surface area contributed by atoms with Crippen molar-refractivity contribution in [1.29, 1.82) is 0 Å². The highest BCUT2D eigenvalue weighted by atomic mass is 127. The van der Waals surface area contributed by atoms with Crippen molar-refractivity contribution < 1.29 is 4.79 Å². The van der Waals surface area contributed by atoms with Gasteiger partial charge in [-0.3, -0.25) is 4.79 Å². The highest BCUT2D eigenvalue weighted by molar-refractivity contribution is 14.1. The number of aryl methyl sites for hydroxylation is 1. The lowest BCUT2D eigenvalue weighted by Crippen LogP contribution is -2.18. The van der Waals surface area contributed by atoms with Gasteiger partial charge in [0.15, 0.2) is 0 Å². The van der Waals surface area contributed by atoms with Gasteiger partial charge in [-0.1, -0.05) is 12.1 Å². The smallest absolute Gasteiger partial charge is 0.267 e. The minimum absolute atomic E-state index is 0.189. The number of hydrogen-bond donors (Lipinski definition) is 1. The zero-order valence-electron chi connectivity index (χ0n) is 9.68. The van der Waals surface area contributed by atoms with Gasteiger partial charge in [0.1, 0.15) is 0 Å². The molecule has 0 bridgehead atoms. The zero-order chi connectivity index (χ0) is 13.0. The average molecular weight is 370 g/mol. The molecule has 2 aromatic rings. The van der Waals surface area contributed by atoms with Gasteiger partial charge in [-0.25, -0.2) is 5.43 Å². The van der Waals surface area contributed by atoms with Gasteiger partial charge < -0.3 is 0 Å². The summed E-state index contributed by atoms with van der Waals surface area (Å²) in [7, 11) is 0. The Hall–Kier alpha value is -1.21. The van der Waals surface area contributed by atoms with Gasteiger partial charge in [-0.05, 0) is 58.7 Å². The van der Waals surface area contributed by atoms with E-state index >= 15 is 0 Å². The second-order valence-electron chi connectivity index (χ2n) is 3.65. The van der Waals surface area contributed by atoms with E-state index in [-0.39, 0.29) is 5.91 Å². The van der Waals surface area contributed by atoms with E-state index in [0.717, 1.165) is 14.0 Å². The average Bonchev–Trinajstić information content (AvgIpc) is 2.75. The minimum atomic E-state index is -0.189. The van der Waals surface area contributed by atoms with Crippen LogP contribution in [0.5, 0.6) is 0 Å². The second-order valence-corrected chi connectivity index (χ2v) is 5.76. The molecule has 3 nitrogen and oxygen atoms in total. The van der Waals surface area contributed by atoms with Crippen LogP contribution >= 0.6 is 33.9 Å². The van der Waals surface area contributed by atoms with Gasteiger partial charge in [0, 0.05) is 8.45 Å². The monoisotopic (exact) mass is 370 g/mol. The van der Waals surface area contributed by atoms with Crippen molar-refractivity contribution >= 4 is 46.0 Å². The number of hydrogen-bond acceptors (Lipinski definition) is 3. The number of hydrazone groups is 1. The number of carbonyl (C=O) groups excluding carboxylic acids is 1. The molecular weight excluding hydrogens is 359 g/mol. The van der Waals surface area contributed by atoms with Crippen molar-refractivity contribution in [3.63, 3.8) is 0 Å². The fourth-order valence-electron chi connectivity index (χ4n) is 1.37. The Kier molecular flexibility index (Phi) is 4.48. The zero-order valence-corrected chi connectivity index (χ0v) is 12.7. The summed E-state index contributed by atoms with van der Waals surface area (Å²) in [5.74, 6) is -0.189. The van der Waals surface area contributed by atoms with Crippen LogP contribution in [-0.4, -0.2) is 12.1 Å². The Morgan fingerprint density at radius 3 is 2.83 bits per heavy atom. The molecule has 0 saturated heterocycles. The number of carbonyl (C=O) groups is 1. The summed E-state index contributed by atoms with van der Waals surface area (Å²) in [4.78, 5) is 12.9. The van der Waals surface area contributed by atoms with Gasteiger partial charge in [0.2, 0.25) is 0 Å². The summed E-state index contributed by atoms with van der Waals surface area (Å²) >= 11 is 3.73. The first-order valence-electron chi connectivity index (χ1n) is 5.30. The Bertz CT molecular complexity index is 592. The number of thiophene rings is 1. The summed E-state index contributed by atoms with van der Waals surface area (Å²) in [5.41, 5.74) is 4.33. The number of halogens is 1. The van der Waals surface area contributed by atoms with Crippen LogP contribution in [0, 0.1) is 10.5 Å².